The van der Waals surface area contributed by atoms with Gasteiger partial charge in [0.05, 0.1) is 11.4 Å². The molecule has 0 unspecified atom stereocenters. The number of benzene rings is 3. The topological polar surface area (TPSA) is 62.2 Å². The third-order valence-corrected chi connectivity index (χ3v) is 6.94. The zero-order valence-corrected chi connectivity index (χ0v) is 20.2. The Labute approximate surface area is 209 Å². The lowest BCUT2D eigenvalue weighted by atomic mass is 9.86. The van der Waals surface area contributed by atoms with Gasteiger partial charge in [0.25, 0.3) is 5.91 Å². The number of likely N-dealkylation sites (N-methyl/N-ethyl adjacent to an activating group) is 1. The predicted molar refractivity (Wildman–Crippen MR) is 137 cm³/mol. The molecular weight excluding hydrogens is 462 g/mol. The molecule has 0 radical (unpaired) electrons. The van der Waals surface area contributed by atoms with Crippen LogP contribution in [0.1, 0.15) is 29.5 Å². The molecule has 2 heterocycles. The number of fused-ring (bicyclic) bond motifs is 1. The molecule has 2 amide bonds. The summed E-state index contributed by atoms with van der Waals surface area (Å²) >= 11 is 6.36. The van der Waals surface area contributed by atoms with Crippen LogP contribution in [0.25, 0.3) is 0 Å². The number of anilines is 1. The van der Waals surface area contributed by atoms with Crippen LogP contribution in [-0.4, -0.2) is 48.3 Å². The number of nitrogens with zero attached hydrogens (tertiary/aromatic N) is 3. The molecule has 3 aromatic carbocycles. The van der Waals surface area contributed by atoms with Crippen LogP contribution in [0.2, 0.25) is 5.02 Å². The quantitative estimate of drug-likeness (QED) is 0.502. The second kappa shape index (κ2) is 9.55. The van der Waals surface area contributed by atoms with E-state index < -0.39 is 5.54 Å². The number of hydrogen-bond acceptors (Lipinski definition) is 4. The van der Waals surface area contributed by atoms with Crippen LogP contribution in [0, 0.1) is 0 Å². The minimum Gasteiger partial charge on any atom is -0.445 e. The Morgan fingerprint density at radius 3 is 2.34 bits per heavy atom. The van der Waals surface area contributed by atoms with Crippen LogP contribution < -0.4 is 4.90 Å². The third-order valence-electron chi connectivity index (χ3n) is 6.70. The van der Waals surface area contributed by atoms with Crippen molar-refractivity contribution in [3.05, 3.63) is 101 Å². The minimum atomic E-state index is -0.971. The number of carbonyl (C=O) groups is 2. The van der Waals surface area contributed by atoms with Gasteiger partial charge in [0, 0.05) is 36.3 Å². The molecule has 1 spiro atoms. The van der Waals surface area contributed by atoms with Gasteiger partial charge in [-0.15, -0.1) is 0 Å². The molecule has 0 aliphatic carbocycles. The van der Waals surface area contributed by atoms with Crippen LogP contribution >= 0.6 is 11.6 Å². The van der Waals surface area contributed by atoms with E-state index in [1.54, 1.807) is 22.9 Å². The number of aliphatic imine (C=N–C) groups is 1. The van der Waals surface area contributed by atoms with E-state index in [2.05, 4.69) is 0 Å². The highest BCUT2D eigenvalue weighted by Crippen LogP contribution is 2.38. The number of hydrogen-bond donors (Lipinski definition) is 0. The van der Waals surface area contributed by atoms with Crippen LogP contribution in [0.5, 0.6) is 0 Å². The first kappa shape index (κ1) is 23.1. The second-order valence-electron chi connectivity index (χ2n) is 8.91. The molecule has 0 atom stereocenters. The van der Waals surface area contributed by atoms with Crippen molar-refractivity contribution >= 4 is 35.0 Å². The molecule has 0 N–H and O–H groups in total. The number of piperidine rings is 1. The largest absolute Gasteiger partial charge is 0.445 e. The highest BCUT2D eigenvalue weighted by Gasteiger charge is 2.46. The lowest BCUT2D eigenvalue weighted by Crippen LogP contribution is -2.54. The maximum Gasteiger partial charge on any atom is 0.410 e. The van der Waals surface area contributed by atoms with Crippen molar-refractivity contribution in [2.24, 2.45) is 4.99 Å². The summed E-state index contributed by atoms with van der Waals surface area (Å²) in [5, 5.41) is 0.583. The van der Waals surface area contributed by atoms with Gasteiger partial charge in [0.1, 0.15) is 12.1 Å². The fraction of sp³-hybridized carbons (Fsp3) is 0.250. The summed E-state index contributed by atoms with van der Waals surface area (Å²) in [7, 11) is 1.78. The van der Waals surface area contributed by atoms with Gasteiger partial charge in [0.15, 0.2) is 0 Å². The zero-order valence-electron chi connectivity index (χ0n) is 19.5. The van der Waals surface area contributed by atoms with Gasteiger partial charge in [-0.3, -0.25) is 9.79 Å². The van der Waals surface area contributed by atoms with Gasteiger partial charge >= 0.3 is 6.09 Å². The van der Waals surface area contributed by atoms with Gasteiger partial charge in [-0.25, -0.2) is 4.79 Å². The van der Waals surface area contributed by atoms with Crippen LogP contribution in [0.15, 0.2) is 83.9 Å². The molecule has 0 saturated carbocycles. The van der Waals surface area contributed by atoms with E-state index in [1.165, 1.54) is 0 Å². The number of rotatable bonds is 3. The molecule has 1 saturated heterocycles. The van der Waals surface area contributed by atoms with Gasteiger partial charge in [-0.1, -0.05) is 72.3 Å². The summed E-state index contributed by atoms with van der Waals surface area (Å²) in [5.74, 6) is -0.0793. The molecule has 35 heavy (non-hydrogen) atoms. The minimum absolute atomic E-state index is 0.0793. The van der Waals surface area contributed by atoms with E-state index in [-0.39, 0.29) is 18.6 Å². The average molecular weight is 488 g/mol. The summed E-state index contributed by atoms with van der Waals surface area (Å²) in [6.45, 7) is 0.987. The maximum atomic E-state index is 13.8. The highest BCUT2D eigenvalue weighted by atomic mass is 35.5. The summed E-state index contributed by atoms with van der Waals surface area (Å²) < 4.78 is 5.51. The predicted octanol–water partition coefficient (Wildman–Crippen LogP) is 5.33. The second-order valence-corrected chi connectivity index (χ2v) is 9.35. The molecule has 7 heteroatoms. The molecule has 2 aliphatic rings. The van der Waals surface area contributed by atoms with Crippen molar-refractivity contribution in [3.8, 4) is 0 Å². The first-order chi connectivity index (χ1) is 17.0. The maximum absolute atomic E-state index is 13.8. The van der Waals surface area contributed by atoms with Crippen LogP contribution in [0.4, 0.5) is 10.5 Å². The highest BCUT2D eigenvalue weighted by molar-refractivity contribution is 6.32. The fourth-order valence-electron chi connectivity index (χ4n) is 4.75. The Kier molecular flexibility index (Phi) is 6.31. The van der Waals surface area contributed by atoms with E-state index in [0.29, 0.717) is 31.0 Å². The molecule has 6 nitrogen and oxygen atoms in total. The number of halogens is 1. The van der Waals surface area contributed by atoms with Crippen molar-refractivity contribution in [2.75, 3.05) is 25.0 Å². The molecule has 1 fully saturated rings. The van der Waals surface area contributed by atoms with Gasteiger partial charge < -0.3 is 14.5 Å². The monoisotopic (exact) mass is 487 g/mol. The summed E-state index contributed by atoms with van der Waals surface area (Å²) in [6, 6.07) is 24.9. The number of likely N-dealkylation sites (tertiary alicyclic amines) is 1. The Balaban J connectivity index is 1.43. The first-order valence-corrected chi connectivity index (χ1v) is 12.0. The third kappa shape index (κ3) is 4.54. The average Bonchev–Trinajstić information content (AvgIpc) is 2.98. The Bertz CT molecular complexity index is 1270. The van der Waals surface area contributed by atoms with E-state index >= 15 is 0 Å². The lowest BCUT2D eigenvalue weighted by Gasteiger charge is -2.38. The number of carbonyl (C=O) groups excluding carboxylic acids is 2. The lowest BCUT2D eigenvalue weighted by molar-refractivity contribution is -0.124. The summed E-state index contributed by atoms with van der Waals surface area (Å²) in [5.41, 5.74) is 3.21. The number of ether oxygens (including phenoxy) is 1. The molecule has 3 aromatic rings. The smallest absolute Gasteiger partial charge is 0.410 e. The van der Waals surface area contributed by atoms with Crippen molar-refractivity contribution in [1.29, 1.82) is 0 Å². The van der Waals surface area contributed by atoms with Gasteiger partial charge in [-0.05, 0) is 36.6 Å². The Morgan fingerprint density at radius 2 is 1.66 bits per heavy atom. The normalized spacial score (nSPS) is 17.0. The van der Waals surface area contributed by atoms with Crippen molar-refractivity contribution in [3.63, 3.8) is 0 Å². The fourth-order valence-corrected chi connectivity index (χ4v) is 4.92. The molecular formula is C28H26ClN3O3. The van der Waals surface area contributed by atoms with E-state index in [9.17, 15) is 9.59 Å². The van der Waals surface area contributed by atoms with Gasteiger partial charge in [0.2, 0.25) is 0 Å². The molecule has 178 valence electrons. The molecule has 0 bridgehead atoms. The SMILES string of the molecule is CN1C(=O)C2(CCN(C(=O)OCc3ccccc3)CC2)N=C(c2ccccc2)c2cc(Cl)ccc21. The molecule has 5 rings (SSSR count). The van der Waals surface area contributed by atoms with Crippen molar-refractivity contribution < 1.29 is 14.3 Å². The van der Waals surface area contributed by atoms with Crippen molar-refractivity contribution in [2.45, 2.75) is 25.0 Å². The van der Waals surface area contributed by atoms with Crippen LogP contribution in [0.3, 0.4) is 0 Å². The van der Waals surface area contributed by atoms with Gasteiger partial charge in [-0.2, -0.15) is 0 Å². The molecule has 0 aromatic heterocycles. The van der Waals surface area contributed by atoms with Crippen LogP contribution in [-0.2, 0) is 16.1 Å². The standard InChI is InChI=1S/C28H26ClN3O3/c1-31-24-13-12-22(29)18-23(24)25(21-10-6-3-7-11-21)30-28(26(31)33)14-16-32(17-15-28)27(34)35-19-20-8-4-2-5-9-20/h2-13,18H,14-17,19H2,1H3. The Morgan fingerprint density at radius 1 is 1.00 bits per heavy atom. The molecule has 2 aliphatic heterocycles. The zero-order chi connectivity index (χ0) is 24.4. The van der Waals surface area contributed by atoms with E-state index in [1.807, 2.05) is 72.8 Å². The number of amides is 2. The summed E-state index contributed by atoms with van der Waals surface area (Å²) in [4.78, 5) is 35.0. The van der Waals surface area contributed by atoms with E-state index in [4.69, 9.17) is 21.3 Å². The van der Waals surface area contributed by atoms with Crippen molar-refractivity contribution in [1.82, 2.24) is 4.90 Å². The first-order valence-electron chi connectivity index (χ1n) is 11.7. The van der Waals surface area contributed by atoms with E-state index in [0.717, 1.165) is 28.1 Å². The Hall–Kier alpha value is -3.64. The summed E-state index contributed by atoms with van der Waals surface area (Å²) in [6.07, 6.45) is 0.448.